The second-order valence-corrected chi connectivity index (χ2v) is 6.02. The van der Waals surface area contributed by atoms with E-state index in [4.69, 9.17) is 10.7 Å². The van der Waals surface area contributed by atoms with Crippen LogP contribution in [0.15, 0.2) is 12.1 Å². The number of halogens is 1. The third kappa shape index (κ3) is 2.89. The van der Waals surface area contributed by atoms with Crippen LogP contribution in [0.5, 0.6) is 5.75 Å². The minimum atomic E-state index is -3.54. The zero-order valence-electron chi connectivity index (χ0n) is 7.91. The molecule has 78 valence electrons. The fourth-order valence-corrected chi connectivity index (χ4v) is 2.50. The van der Waals surface area contributed by atoms with Crippen molar-refractivity contribution in [3.05, 3.63) is 28.8 Å². The van der Waals surface area contributed by atoms with E-state index in [2.05, 4.69) is 0 Å². The Bertz CT molecular complexity index is 428. The van der Waals surface area contributed by atoms with Gasteiger partial charge in [-0.3, -0.25) is 0 Å². The summed E-state index contributed by atoms with van der Waals surface area (Å²) in [7, 11) is 1.62. The highest BCUT2D eigenvalue weighted by Crippen LogP contribution is 2.23. The molecule has 1 N–H and O–H groups in total. The number of aromatic hydroxyl groups is 1. The summed E-state index contributed by atoms with van der Waals surface area (Å²) in [4.78, 5) is 0. The van der Waals surface area contributed by atoms with Gasteiger partial charge in [-0.05, 0) is 42.7 Å². The smallest absolute Gasteiger partial charge is 0.236 e. The van der Waals surface area contributed by atoms with Gasteiger partial charge < -0.3 is 5.11 Å². The molecular weight excluding hydrogens is 224 g/mol. The van der Waals surface area contributed by atoms with Crippen LogP contribution in [-0.2, 0) is 14.8 Å². The van der Waals surface area contributed by atoms with Crippen LogP contribution in [0.25, 0.3) is 0 Å². The zero-order valence-corrected chi connectivity index (χ0v) is 9.48. The first-order valence-electron chi connectivity index (χ1n) is 4.01. The summed E-state index contributed by atoms with van der Waals surface area (Å²) in [6, 6.07) is 3.04. The molecule has 0 unspecified atom stereocenters. The van der Waals surface area contributed by atoms with Gasteiger partial charge in [0.15, 0.2) is 0 Å². The lowest BCUT2D eigenvalue weighted by Crippen LogP contribution is -2.00. The van der Waals surface area contributed by atoms with Gasteiger partial charge in [-0.25, -0.2) is 8.42 Å². The predicted octanol–water partition coefficient (Wildman–Crippen LogP) is 2.08. The number of hydrogen-bond donors (Lipinski definition) is 1. The first-order valence-corrected chi connectivity index (χ1v) is 6.49. The fourth-order valence-electron chi connectivity index (χ4n) is 1.37. The first-order chi connectivity index (χ1) is 6.29. The Labute approximate surface area is 87.8 Å². The SMILES string of the molecule is Cc1cc(O)cc(C)c1CS(=O)(=O)Cl. The van der Waals surface area contributed by atoms with E-state index >= 15 is 0 Å². The average Bonchev–Trinajstić information content (AvgIpc) is 1.95. The van der Waals surface area contributed by atoms with Crippen molar-refractivity contribution in [2.75, 3.05) is 0 Å². The van der Waals surface area contributed by atoms with Crippen molar-refractivity contribution >= 4 is 19.7 Å². The van der Waals surface area contributed by atoms with Crippen LogP contribution in [0.4, 0.5) is 0 Å². The van der Waals surface area contributed by atoms with Gasteiger partial charge in [0.25, 0.3) is 0 Å². The van der Waals surface area contributed by atoms with Gasteiger partial charge in [0.05, 0.1) is 5.75 Å². The van der Waals surface area contributed by atoms with E-state index in [1.807, 2.05) is 0 Å². The van der Waals surface area contributed by atoms with Gasteiger partial charge in [0.1, 0.15) is 5.75 Å². The van der Waals surface area contributed by atoms with Gasteiger partial charge >= 0.3 is 0 Å². The lowest BCUT2D eigenvalue weighted by molar-refractivity contribution is 0.474. The summed E-state index contributed by atoms with van der Waals surface area (Å²) >= 11 is 0. The van der Waals surface area contributed by atoms with Crippen LogP contribution in [-0.4, -0.2) is 13.5 Å². The van der Waals surface area contributed by atoms with Gasteiger partial charge in [-0.15, -0.1) is 0 Å². The van der Waals surface area contributed by atoms with E-state index < -0.39 is 9.05 Å². The average molecular weight is 235 g/mol. The maximum Gasteiger partial charge on any atom is 0.236 e. The molecule has 0 aliphatic carbocycles. The summed E-state index contributed by atoms with van der Waals surface area (Å²) in [5, 5.41) is 9.23. The number of benzene rings is 1. The highest BCUT2D eigenvalue weighted by atomic mass is 35.7. The molecule has 0 aromatic heterocycles. The Hall–Kier alpha value is -0.740. The minimum Gasteiger partial charge on any atom is -0.508 e. The zero-order chi connectivity index (χ0) is 10.9. The quantitative estimate of drug-likeness (QED) is 0.798. The van der Waals surface area contributed by atoms with Crippen molar-refractivity contribution in [3.8, 4) is 5.75 Å². The molecule has 0 bridgehead atoms. The normalized spacial score (nSPS) is 11.6. The number of hydrogen-bond acceptors (Lipinski definition) is 3. The van der Waals surface area contributed by atoms with Gasteiger partial charge in [0.2, 0.25) is 9.05 Å². The maximum atomic E-state index is 10.9. The molecular formula is C9H11ClO3S. The standard InChI is InChI=1S/C9H11ClO3S/c1-6-3-8(11)4-7(2)9(6)5-14(10,12)13/h3-4,11H,5H2,1-2H3. The molecule has 5 heteroatoms. The largest absolute Gasteiger partial charge is 0.508 e. The number of aryl methyl sites for hydroxylation is 2. The van der Waals surface area contributed by atoms with Gasteiger partial charge in [-0.2, -0.15) is 0 Å². The molecule has 0 atom stereocenters. The lowest BCUT2D eigenvalue weighted by Gasteiger charge is -2.08. The number of phenols is 1. The Balaban J connectivity index is 3.22. The van der Waals surface area contributed by atoms with E-state index in [9.17, 15) is 13.5 Å². The van der Waals surface area contributed by atoms with Gasteiger partial charge in [0, 0.05) is 10.7 Å². The van der Waals surface area contributed by atoms with Crippen molar-refractivity contribution in [2.45, 2.75) is 19.6 Å². The molecule has 0 amide bonds. The maximum absolute atomic E-state index is 10.9. The monoisotopic (exact) mass is 234 g/mol. The molecule has 14 heavy (non-hydrogen) atoms. The van der Waals surface area contributed by atoms with E-state index in [-0.39, 0.29) is 11.5 Å². The van der Waals surface area contributed by atoms with Crippen LogP contribution in [0, 0.1) is 13.8 Å². The first kappa shape index (κ1) is 11.3. The molecule has 0 heterocycles. The summed E-state index contributed by atoms with van der Waals surface area (Å²) in [5.74, 6) is -0.0670. The number of phenolic OH excluding ortho intramolecular Hbond substituents is 1. The van der Waals surface area contributed by atoms with Crippen molar-refractivity contribution in [1.82, 2.24) is 0 Å². The molecule has 0 fully saturated rings. The Morgan fingerprint density at radius 3 is 2.07 bits per heavy atom. The van der Waals surface area contributed by atoms with Crippen molar-refractivity contribution in [3.63, 3.8) is 0 Å². The molecule has 0 saturated carbocycles. The molecule has 0 radical (unpaired) electrons. The third-order valence-corrected chi connectivity index (χ3v) is 2.96. The van der Waals surface area contributed by atoms with E-state index in [1.54, 1.807) is 13.8 Å². The van der Waals surface area contributed by atoms with E-state index in [0.29, 0.717) is 5.56 Å². The van der Waals surface area contributed by atoms with E-state index in [1.165, 1.54) is 12.1 Å². The molecule has 1 aromatic rings. The van der Waals surface area contributed by atoms with Crippen molar-refractivity contribution in [2.24, 2.45) is 0 Å². The van der Waals surface area contributed by atoms with Crippen LogP contribution in [0.3, 0.4) is 0 Å². The highest BCUT2D eigenvalue weighted by Gasteiger charge is 2.12. The Morgan fingerprint density at radius 1 is 1.29 bits per heavy atom. The fraction of sp³-hybridized carbons (Fsp3) is 0.333. The van der Waals surface area contributed by atoms with Crippen LogP contribution in [0.2, 0.25) is 0 Å². The van der Waals surface area contributed by atoms with Crippen LogP contribution < -0.4 is 0 Å². The molecule has 1 rings (SSSR count). The molecule has 0 spiro atoms. The predicted molar refractivity (Wildman–Crippen MR) is 56.1 cm³/mol. The molecule has 3 nitrogen and oxygen atoms in total. The van der Waals surface area contributed by atoms with Crippen LogP contribution >= 0.6 is 10.7 Å². The van der Waals surface area contributed by atoms with Crippen LogP contribution in [0.1, 0.15) is 16.7 Å². The molecule has 0 aliphatic rings. The van der Waals surface area contributed by atoms with E-state index in [0.717, 1.165) is 11.1 Å². The van der Waals surface area contributed by atoms with Crippen molar-refractivity contribution in [1.29, 1.82) is 0 Å². The second kappa shape index (κ2) is 3.79. The highest BCUT2D eigenvalue weighted by molar-refractivity contribution is 8.13. The number of rotatable bonds is 2. The molecule has 0 saturated heterocycles. The summed E-state index contributed by atoms with van der Waals surface area (Å²) in [6.45, 7) is 3.48. The second-order valence-electron chi connectivity index (χ2n) is 3.24. The third-order valence-electron chi connectivity index (χ3n) is 2.00. The van der Waals surface area contributed by atoms with Crippen molar-refractivity contribution < 1.29 is 13.5 Å². The van der Waals surface area contributed by atoms with Gasteiger partial charge in [-0.1, -0.05) is 0 Å². The summed E-state index contributed by atoms with van der Waals surface area (Å²) < 4.78 is 21.8. The lowest BCUT2D eigenvalue weighted by atomic mass is 10.0. The summed E-state index contributed by atoms with van der Waals surface area (Å²) in [5.41, 5.74) is 2.11. The minimum absolute atomic E-state index is 0.135. The topological polar surface area (TPSA) is 54.4 Å². The molecule has 0 aliphatic heterocycles. The molecule has 1 aromatic carbocycles. The Morgan fingerprint density at radius 2 is 1.71 bits per heavy atom. The summed E-state index contributed by atoms with van der Waals surface area (Å²) in [6.07, 6.45) is 0. The Kier molecular flexibility index (Phi) is 3.07.